The number of hydrogen-bond donors (Lipinski definition) is 1. The lowest BCUT2D eigenvalue weighted by Gasteiger charge is -2.26. The SMILES string of the molecule is Cc1ccc(S(=O)(=O)NCCCN2CCCCC2)cc1C. The Kier molecular flexibility index (Phi) is 5.79. The summed E-state index contributed by atoms with van der Waals surface area (Å²) in [4.78, 5) is 2.79. The molecule has 1 aliphatic rings. The van der Waals surface area contributed by atoms with Gasteiger partial charge in [-0.2, -0.15) is 0 Å². The zero-order chi connectivity index (χ0) is 15.3. The molecule has 1 saturated heterocycles. The number of hydrogen-bond acceptors (Lipinski definition) is 3. The normalized spacial score (nSPS) is 17.0. The summed E-state index contributed by atoms with van der Waals surface area (Å²) >= 11 is 0. The van der Waals surface area contributed by atoms with Crippen LogP contribution in [0.1, 0.15) is 36.8 Å². The van der Waals surface area contributed by atoms with Crippen LogP contribution < -0.4 is 4.72 Å². The molecular weight excluding hydrogens is 284 g/mol. The maximum atomic E-state index is 12.2. The molecule has 0 atom stereocenters. The minimum Gasteiger partial charge on any atom is -0.303 e. The zero-order valence-electron chi connectivity index (χ0n) is 13.1. The average Bonchev–Trinajstić information content (AvgIpc) is 2.47. The largest absolute Gasteiger partial charge is 0.303 e. The molecule has 1 aromatic carbocycles. The molecule has 0 radical (unpaired) electrons. The highest BCUT2D eigenvalue weighted by Gasteiger charge is 2.14. The van der Waals surface area contributed by atoms with E-state index in [-0.39, 0.29) is 0 Å². The van der Waals surface area contributed by atoms with E-state index in [0.29, 0.717) is 11.4 Å². The topological polar surface area (TPSA) is 49.4 Å². The van der Waals surface area contributed by atoms with Crippen molar-refractivity contribution < 1.29 is 8.42 Å². The molecule has 118 valence electrons. The van der Waals surface area contributed by atoms with Gasteiger partial charge in [0.05, 0.1) is 4.90 Å². The maximum Gasteiger partial charge on any atom is 0.240 e. The van der Waals surface area contributed by atoms with Gasteiger partial charge in [-0.3, -0.25) is 0 Å². The molecule has 1 aliphatic heterocycles. The smallest absolute Gasteiger partial charge is 0.240 e. The Labute approximate surface area is 128 Å². The van der Waals surface area contributed by atoms with Crippen molar-refractivity contribution in [2.75, 3.05) is 26.2 Å². The van der Waals surface area contributed by atoms with E-state index in [0.717, 1.165) is 37.2 Å². The van der Waals surface area contributed by atoms with Gasteiger partial charge in [0.1, 0.15) is 0 Å². The van der Waals surface area contributed by atoms with Crippen LogP contribution in [-0.2, 0) is 10.0 Å². The molecular formula is C16H26N2O2S. The van der Waals surface area contributed by atoms with E-state index in [1.54, 1.807) is 12.1 Å². The zero-order valence-corrected chi connectivity index (χ0v) is 13.9. The molecule has 0 unspecified atom stereocenters. The summed E-state index contributed by atoms with van der Waals surface area (Å²) in [6, 6.07) is 5.27. The minimum absolute atomic E-state index is 0.364. The highest BCUT2D eigenvalue weighted by atomic mass is 32.2. The molecule has 1 fully saturated rings. The summed E-state index contributed by atoms with van der Waals surface area (Å²) in [5.41, 5.74) is 2.12. The highest BCUT2D eigenvalue weighted by Crippen LogP contribution is 2.14. The second kappa shape index (κ2) is 7.38. The molecule has 5 heteroatoms. The third-order valence-electron chi connectivity index (χ3n) is 4.18. The van der Waals surface area contributed by atoms with Crippen molar-refractivity contribution in [3.63, 3.8) is 0 Å². The molecule has 2 rings (SSSR count). The fourth-order valence-corrected chi connectivity index (χ4v) is 3.82. The summed E-state index contributed by atoms with van der Waals surface area (Å²) in [6.07, 6.45) is 4.74. The Morgan fingerprint density at radius 3 is 2.48 bits per heavy atom. The molecule has 1 N–H and O–H groups in total. The van der Waals surface area contributed by atoms with Crippen molar-refractivity contribution in [3.8, 4) is 0 Å². The van der Waals surface area contributed by atoms with Crippen molar-refractivity contribution in [2.45, 2.75) is 44.4 Å². The number of likely N-dealkylation sites (tertiary alicyclic amines) is 1. The summed E-state index contributed by atoms with van der Waals surface area (Å²) in [5, 5.41) is 0. The molecule has 0 spiro atoms. The highest BCUT2D eigenvalue weighted by molar-refractivity contribution is 7.89. The first-order valence-corrected chi connectivity index (χ1v) is 9.27. The Balaban J connectivity index is 1.82. The van der Waals surface area contributed by atoms with Crippen LogP contribution in [0.15, 0.2) is 23.1 Å². The second-order valence-electron chi connectivity index (χ2n) is 5.90. The molecule has 0 amide bonds. The van der Waals surface area contributed by atoms with Crippen LogP contribution in [-0.4, -0.2) is 39.5 Å². The van der Waals surface area contributed by atoms with E-state index in [1.165, 1.54) is 19.3 Å². The van der Waals surface area contributed by atoms with Gasteiger partial charge in [0, 0.05) is 6.54 Å². The Bertz CT molecular complexity index is 564. The van der Waals surface area contributed by atoms with E-state index in [1.807, 2.05) is 19.9 Å². The Morgan fingerprint density at radius 1 is 1.10 bits per heavy atom. The first-order chi connectivity index (χ1) is 9.99. The van der Waals surface area contributed by atoms with Gasteiger partial charge in [-0.05, 0) is 76.0 Å². The maximum absolute atomic E-state index is 12.2. The quantitative estimate of drug-likeness (QED) is 0.821. The number of sulfonamides is 1. The molecule has 1 aromatic rings. The fraction of sp³-hybridized carbons (Fsp3) is 0.625. The lowest BCUT2D eigenvalue weighted by atomic mass is 10.1. The standard InChI is InChI=1S/C16H26N2O2S/c1-14-7-8-16(13-15(14)2)21(19,20)17-9-6-12-18-10-4-3-5-11-18/h7-8,13,17H,3-6,9-12H2,1-2H3. The number of benzene rings is 1. The van der Waals surface area contributed by atoms with E-state index in [2.05, 4.69) is 9.62 Å². The monoisotopic (exact) mass is 310 g/mol. The summed E-state index contributed by atoms with van der Waals surface area (Å²) < 4.78 is 27.2. The van der Waals surface area contributed by atoms with Crippen molar-refractivity contribution in [1.82, 2.24) is 9.62 Å². The van der Waals surface area contributed by atoms with Gasteiger partial charge < -0.3 is 4.90 Å². The van der Waals surface area contributed by atoms with E-state index < -0.39 is 10.0 Å². The number of nitrogens with one attached hydrogen (secondary N) is 1. The van der Waals surface area contributed by atoms with Crippen LogP contribution in [0.4, 0.5) is 0 Å². The van der Waals surface area contributed by atoms with Gasteiger partial charge in [0.2, 0.25) is 10.0 Å². The first-order valence-electron chi connectivity index (χ1n) is 7.78. The van der Waals surface area contributed by atoms with Gasteiger partial charge in [0.15, 0.2) is 0 Å². The summed E-state index contributed by atoms with van der Waals surface area (Å²) in [6.45, 7) is 7.72. The van der Waals surface area contributed by atoms with Crippen molar-refractivity contribution in [1.29, 1.82) is 0 Å². The molecule has 1 heterocycles. The van der Waals surface area contributed by atoms with Crippen molar-refractivity contribution >= 4 is 10.0 Å². The van der Waals surface area contributed by atoms with Crippen LogP contribution in [0.2, 0.25) is 0 Å². The van der Waals surface area contributed by atoms with Crippen LogP contribution in [0.5, 0.6) is 0 Å². The third-order valence-corrected chi connectivity index (χ3v) is 5.64. The molecule has 0 bridgehead atoms. The van der Waals surface area contributed by atoms with Crippen LogP contribution in [0.3, 0.4) is 0 Å². The van der Waals surface area contributed by atoms with Gasteiger partial charge in [0.25, 0.3) is 0 Å². The van der Waals surface area contributed by atoms with Gasteiger partial charge in [-0.25, -0.2) is 13.1 Å². The third kappa shape index (κ3) is 4.80. The van der Waals surface area contributed by atoms with Gasteiger partial charge in [-0.15, -0.1) is 0 Å². The first kappa shape index (κ1) is 16.5. The minimum atomic E-state index is -3.37. The number of piperidine rings is 1. The average molecular weight is 310 g/mol. The summed E-state index contributed by atoms with van der Waals surface area (Å²) in [5.74, 6) is 0. The van der Waals surface area contributed by atoms with Crippen molar-refractivity contribution in [2.24, 2.45) is 0 Å². The van der Waals surface area contributed by atoms with Crippen LogP contribution >= 0.6 is 0 Å². The van der Waals surface area contributed by atoms with E-state index >= 15 is 0 Å². The number of rotatable bonds is 6. The van der Waals surface area contributed by atoms with Crippen LogP contribution in [0.25, 0.3) is 0 Å². The molecule has 0 saturated carbocycles. The lowest BCUT2D eigenvalue weighted by Crippen LogP contribution is -2.33. The van der Waals surface area contributed by atoms with E-state index in [9.17, 15) is 8.42 Å². The number of aryl methyl sites for hydroxylation is 2. The van der Waals surface area contributed by atoms with E-state index in [4.69, 9.17) is 0 Å². The summed E-state index contributed by atoms with van der Waals surface area (Å²) in [7, 11) is -3.37. The predicted molar refractivity (Wildman–Crippen MR) is 86.0 cm³/mol. The van der Waals surface area contributed by atoms with Crippen molar-refractivity contribution in [3.05, 3.63) is 29.3 Å². The number of nitrogens with zero attached hydrogens (tertiary/aromatic N) is 1. The Morgan fingerprint density at radius 2 is 1.81 bits per heavy atom. The van der Waals surface area contributed by atoms with Crippen LogP contribution in [0, 0.1) is 13.8 Å². The van der Waals surface area contributed by atoms with Gasteiger partial charge >= 0.3 is 0 Å². The fourth-order valence-electron chi connectivity index (χ4n) is 2.66. The predicted octanol–water partition coefficient (Wildman–Crippen LogP) is 2.46. The molecule has 21 heavy (non-hydrogen) atoms. The Hall–Kier alpha value is -0.910. The second-order valence-corrected chi connectivity index (χ2v) is 7.67. The lowest BCUT2D eigenvalue weighted by molar-refractivity contribution is 0.227. The van der Waals surface area contributed by atoms with Gasteiger partial charge in [-0.1, -0.05) is 12.5 Å². The molecule has 0 aliphatic carbocycles. The molecule has 0 aromatic heterocycles. The molecule has 4 nitrogen and oxygen atoms in total.